The molecule has 20 heavy (non-hydrogen) atoms. The van der Waals surface area contributed by atoms with Crippen molar-refractivity contribution in [3.63, 3.8) is 0 Å². The first-order chi connectivity index (χ1) is 9.69. The van der Waals surface area contributed by atoms with Gasteiger partial charge in [-0.1, -0.05) is 0 Å². The summed E-state index contributed by atoms with van der Waals surface area (Å²) in [6, 6.07) is 5.01. The van der Waals surface area contributed by atoms with Gasteiger partial charge in [-0.25, -0.2) is 4.39 Å². The number of fused-ring (bicyclic) bond motifs is 1. The smallest absolute Gasteiger partial charge is 0.167 e. The monoisotopic (exact) mass is 278 g/mol. The maximum atomic E-state index is 13.9. The predicted octanol–water partition coefficient (Wildman–Crippen LogP) is 3.35. The SMILES string of the molecule is CCNc1cc(COC)nc2cc(F)c(OCC)cc12. The number of methoxy groups -OCH3 is 1. The van der Waals surface area contributed by atoms with Crippen LogP contribution in [-0.4, -0.2) is 25.2 Å². The van der Waals surface area contributed by atoms with Crippen LogP contribution in [0, 0.1) is 5.82 Å². The molecular weight excluding hydrogens is 259 g/mol. The van der Waals surface area contributed by atoms with Gasteiger partial charge in [-0.3, -0.25) is 4.98 Å². The summed E-state index contributed by atoms with van der Waals surface area (Å²) in [7, 11) is 1.61. The van der Waals surface area contributed by atoms with Crippen molar-refractivity contribution in [1.82, 2.24) is 4.98 Å². The van der Waals surface area contributed by atoms with E-state index in [0.29, 0.717) is 18.7 Å². The number of nitrogens with zero attached hydrogens (tertiary/aromatic N) is 1. The summed E-state index contributed by atoms with van der Waals surface area (Å²) >= 11 is 0. The van der Waals surface area contributed by atoms with Gasteiger partial charge in [0.25, 0.3) is 0 Å². The molecule has 0 aliphatic carbocycles. The summed E-state index contributed by atoms with van der Waals surface area (Å²) in [5.41, 5.74) is 2.27. The Morgan fingerprint density at radius 3 is 2.70 bits per heavy atom. The van der Waals surface area contributed by atoms with Crippen LogP contribution in [-0.2, 0) is 11.3 Å². The second kappa shape index (κ2) is 6.52. The first-order valence-electron chi connectivity index (χ1n) is 6.68. The number of nitrogens with one attached hydrogen (secondary N) is 1. The molecule has 0 amide bonds. The molecule has 0 aliphatic rings. The maximum absolute atomic E-state index is 13.9. The molecule has 0 fully saturated rings. The van der Waals surface area contributed by atoms with Crippen molar-refractivity contribution >= 4 is 16.6 Å². The molecule has 108 valence electrons. The first kappa shape index (κ1) is 14.5. The molecule has 0 spiro atoms. The van der Waals surface area contributed by atoms with Crippen molar-refractivity contribution in [2.45, 2.75) is 20.5 Å². The molecule has 1 N–H and O–H groups in total. The summed E-state index contributed by atoms with van der Waals surface area (Å²) in [6.07, 6.45) is 0. The van der Waals surface area contributed by atoms with Gasteiger partial charge in [-0.05, 0) is 26.0 Å². The summed E-state index contributed by atoms with van der Waals surface area (Å²) in [5.74, 6) is -0.149. The molecule has 0 radical (unpaired) electrons. The lowest BCUT2D eigenvalue weighted by atomic mass is 10.1. The minimum Gasteiger partial charge on any atom is -0.491 e. The van der Waals surface area contributed by atoms with Crippen molar-refractivity contribution in [2.75, 3.05) is 25.6 Å². The number of halogens is 1. The third-order valence-corrected chi connectivity index (χ3v) is 2.87. The van der Waals surface area contributed by atoms with Crippen LogP contribution >= 0.6 is 0 Å². The molecular formula is C15H19FN2O2. The third kappa shape index (κ3) is 2.99. The van der Waals surface area contributed by atoms with Crippen molar-refractivity contribution < 1.29 is 13.9 Å². The minimum atomic E-state index is -0.399. The molecule has 1 aromatic carbocycles. The minimum absolute atomic E-state index is 0.250. The van der Waals surface area contributed by atoms with E-state index < -0.39 is 5.82 Å². The highest BCUT2D eigenvalue weighted by Gasteiger charge is 2.11. The molecule has 2 aromatic rings. The number of hydrogen-bond donors (Lipinski definition) is 1. The largest absolute Gasteiger partial charge is 0.491 e. The Balaban J connectivity index is 2.59. The second-order valence-electron chi connectivity index (χ2n) is 4.36. The second-order valence-corrected chi connectivity index (χ2v) is 4.36. The lowest BCUT2D eigenvalue weighted by Crippen LogP contribution is -2.03. The molecule has 1 heterocycles. The van der Waals surface area contributed by atoms with E-state index in [4.69, 9.17) is 9.47 Å². The van der Waals surface area contributed by atoms with E-state index in [2.05, 4.69) is 10.3 Å². The van der Waals surface area contributed by atoms with Gasteiger partial charge in [0.2, 0.25) is 0 Å². The van der Waals surface area contributed by atoms with E-state index in [1.165, 1.54) is 6.07 Å². The Morgan fingerprint density at radius 1 is 1.25 bits per heavy atom. The number of pyridine rings is 1. The van der Waals surface area contributed by atoms with Crippen molar-refractivity contribution in [3.05, 3.63) is 29.7 Å². The highest BCUT2D eigenvalue weighted by Crippen LogP contribution is 2.30. The number of ether oxygens (including phenoxy) is 2. The van der Waals surface area contributed by atoms with Crippen molar-refractivity contribution in [3.8, 4) is 5.75 Å². The Hall–Kier alpha value is -1.88. The molecule has 1 aromatic heterocycles. The van der Waals surface area contributed by atoms with Gasteiger partial charge in [0, 0.05) is 30.8 Å². The van der Waals surface area contributed by atoms with E-state index in [1.54, 1.807) is 13.2 Å². The average molecular weight is 278 g/mol. The van der Waals surface area contributed by atoms with Crippen molar-refractivity contribution in [2.24, 2.45) is 0 Å². The average Bonchev–Trinajstić information content (AvgIpc) is 2.41. The molecule has 0 bridgehead atoms. The number of anilines is 1. The highest BCUT2D eigenvalue weighted by atomic mass is 19.1. The summed E-state index contributed by atoms with van der Waals surface area (Å²) in [5, 5.41) is 4.11. The van der Waals surface area contributed by atoms with E-state index in [0.717, 1.165) is 23.3 Å². The Morgan fingerprint density at radius 2 is 2.05 bits per heavy atom. The van der Waals surface area contributed by atoms with Crippen molar-refractivity contribution in [1.29, 1.82) is 0 Å². The zero-order valence-electron chi connectivity index (χ0n) is 12.0. The summed E-state index contributed by atoms with van der Waals surface area (Å²) < 4.78 is 24.3. The van der Waals surface area contributed by atoms with E-state index in [1.807, 2.05) is 19.9 Å². The van der Waals surface area contributed by atoms with Crippen LogP contribution in [0.25, 0.3) is 10.9 Å². The van der Waals surface area contributed by atoms with E-state index >= 15 is 0 Å². The first-order valence-corrected chi connectivity index (χ1v) is 6.68. The van der Waals surface area contributed by atoms with Crippen LogP contribution in [0.2, 0.25) is 0 Å². The normalized spacial score (nSPS) is 10.8. The number of benzene rings is 1. The Kier molecular flexibility index (Phi) is 4.74. The van der Waals surface area contributed by atoms with Gasteiger partial charge in [-0.2, -0.15) is 0 Å². The van der Waals surface area contributed by atoms with Gasteiger partial charge in [0.1, 0.15) is 0 Å². The van der Waals surface area contributed by atoms with Crippen LogP contribution < -0.4 is 10.1 Å². The van der Waals surface area contributed by atoms with Gasteiger partial charge in [0.15, 0.2) is 11.6 Å². The van der Waals surface area contributed by atoms with E-state index in [9.17, 15) is 4.39 Å². The number of aromatic nitrogens is 1. The summed E-state index contributed by atoms with van der Waals surface area (Å²) in [4.78, 5) is 4.41. The van der Waals surface area contributed by atoms with Crippen LogP contribution in [0.15, 0.2) is 18.2 Å². The molecule has 0 atom stereocenters. The number of rotatable bonds is 6. The van der Waals surface area contributed by atoms with Gasteiger partial charge >= 0.3 is 0 Å². The zero-order chi connectivity index (χ0) is 14.5. The number of hydrogen-bond acceptors (Lipinski definition) is 4. The molecule has 5 heteroatoms. The molecule has 4 nitrogen and oxygen atoms in total. The van der Waals surface area contributed by atoms with Gasteiger partial charge in [0.05, 0.1) is 24.4 Å². The summed E-state index contributed by atoms with van der Waals surface area (Å²) in [6.45, 7) is 5.42. The maximum Gasteiger partial charge on any atom is 0.167 e. The Bertz CT molecular complexity index is 602. The zero-order valence-corrected chi connectivity index (χ0v) is 12.0. The quantitative estimate of drug-likeness (QED) is 0.880. The fraction of sp³-hybridized carbons (Fsp3) is 0.400. The van der Waals surface area contributed by atoms with Crippen LogP contribution in [0.5, 0.6) is 5.75 Å². The Labute approximate surface area is 117 Å². The fourth-order valence-corrected chi connectivity index (χ4v) is 2.11. The lowest BCUT2D eigenvalue weighted by molar-refractivity contribution is 0.182. The van der Waals surface area contributed by atoms with E-state index in [-0.39, 0.29) is 5.75 Å². The van der Waals surface area contributed by atoms with Crippen LogP contribution in [0.4, 0.5) is 10.1 Å². The van der Waals surface area contributed by atoms with Crippen LogP contribution in [0.3, 0.4) is 0 Å². The van der Waals surface area contributed by atoms with Gasteiger partial charge in [-0.15, -0.1) is 0 Å². The fourth-order valence-electron chi connectivity index (χ4n) is 2.11. The standard InChI is InChI=1S/C15H19FN2O2/c1-4-17-13-6-10(9-19-3)18-14-8-12(16)15(20-5-2)7-11(13)14/h6-8H,4-5,9H2,1-3H3,(H,17,18). The lowest BCUT2D eigenvalue weighted by Gasteiger charge is -2.12. The highest BCUT2D eigenvalue weighted by molar-refractivity contribution is 5.92. The van der Waals surface area contributed by atoms with Crippen LogP contribution in [0.1, 0.15) is 19.5 Å². The van der Waals surface area contributed by atoms with Gasteiger partial charge < -0.3 is 14.8 Å². The topological polar surface area (TPSA) is 43.4 Å². The molecule has 0 saturated heterocycles. The molecule has 2 rings (SSSR count). The molecule has 0 unspecified atom stereocenters. The molecule has 0 aliphatic heterocycles. The predicted molar refractivity (Wildman–Crippen MR) is 77.7 cm³/mol. The molecule has 0 saturated carbocycles. The third-order valence-electron chi connectivity index (χ3n) is 2.87.